The zero-order valence-electron chi connectivity index (χ0n) is 14.1. The number of aryl methyl sites for hydroxylation is 2. The van der Waals surface area contributed by atoms with Crippen molar-refractivity contribution in [1.82, 2.24) is 24.5 Å². The van der Waals surface area contributed by atoms with E-state index in [2.05, 4.69) is 20.4 Å². The standard InChI is InChI=1S/C13H18N6O5S/c1-5-8-6-11(19(2)17-8)25(21,22)18-13(20)16-12-14-9(23-3)7-10(15-12)24-4/h6-7H,5H2,1-4H3,(H2,14,15,16,18,20). The minimum atomic E-state index is -4.11. The number of carbonyl (C=O) groups excluding carboxylic acids is 1. The van der Waals surface area contributed by atoms with E-state index in [1.807, 2.05) is 11.6 Å². The first-order chi connectivity index (χ1) is 11.8. The third-order valence-corrected chi connectivity index (χ3v) is 4.46. The molecular weight excluding hydrogens is 352 g/mol. The van der Waals surface area contributed by atoms with Crippen LogP contribution >= 0.6 is 0 Å². The van der Waals surface area contributed by atoms with Crippen molar-refractivity contribution in [3.8, 4) is 11.8 Å². The normalized spacial score (nSPS) is 11.0. The lowest BCUT2D eigenvalue weighted by Gasteiger charge is -2.09. The highest BCUT2D eigenvalue weighted by molar-refractivity contribution is 7.90. The molecule has 2 rings (SSSR count). The fourth-order valence-electron chi connectivity index (χ4n) is 1.90. The molecule has 0 aliphatic rings. The molecule has 0 aliphatic heterocycles. The van der Waals surface area contributed by atoms with Crippen molar-refractivity contribution in [2.24, 2.45) is 7.05 Å². The zero-order chi connectivity index (χ0) is 18.6. The van der Waals surface area contributed by atoms with Crippen LogP contribution in [0, 0.1) is 0 Å². The number of hydrogen-bond donors (Lipinski definition) is 2. The Morgan fingerprint density at radius 1 is 1.20 bits per heavy atom. The quantitative estimate of drug-likeness (QED) is 0.740. The molecule has 0 saturated carbocycles. The predicted molar refractivity (Wildman–Crippen MR) is 87.1 cm³/mol. The van der Waals surface area contributed by atoms with Gasteiger partial charge >= 0.3 is 6.03 Å². The van der Waals surface area contributed by atoms with Crippen LogP contribution in [0.5, 0.6) is 11.8 Å². The molecule has 0 fully saturated rings. The molecule has 11 nitrogen and oxygen atoms in total. The molecule has 2 heterocycles. The van der Waals surface area contributed by atoms with Crippen molar-refractivity contribution in [2.45, 2.75) is 18.4 Å². The Kier molecular flexibility index (Phi) is 5.41. The molecule has 0 bridgehead atoms. The lowest BCUT2D eigenvalue weighted by atomic mass is 10.3. The van der Waals surface area contributed by atoms with Gasteiger partial charge in [-0.3, -0.25) is 10.00 Å². The van der Waals surface area contributed by atoms with Gasteiger partial charge in [0.25, 0.3) is 10.0 Å². The largest absolute Gasteiger partial charge is 0.481 e. The topological polar surface area (TPSA) is 137 Å². The third-order valence-electron chi connectivity index (χ3n) is 3.07. The van der Waals surface area contributed by atoms with Crippen LogP contribution in [0.15, 0.2) is 17.2 Å². The first-order valence-electron chi connectivity index (χ1n) is 7.12. The van der Waals surface area contributed by atoms with Crippen LogP contribution in [0.3, 0.4) is 0 Å². The van der Waals surface area contributed by atoms with E-state index in [0.29, 0.717) is 12.1 Å². The Morgan fingerprint density at radius 2 is 1.80 bits per heavy atom. The maximum Gasteiger partial charge on any atom is 0.335 e. The number of nitrogens with one attached hydrogen (secondary N) is 2. The number of methoxy groups -OCH3 is 2. The highest BCUT2D eigenvalue weighted by Gasteiger charge is 2.23. The van der Waals surface area contributed by atoms with Crippen LogP contribution in [0.2, 0.25) is 0 Å². The van der Waals surface area contributed by atoms with Crippen molar-refractivity contribution in [3.05, 3.63) is 17.8 Å². The van der Waals surface area contributed by atoms with E-state index in [-0.39, 0.29) is 22.7 Å². The second kappa shape index (κ2) is 7.34. The van der Waals surface area contributed by atoms with E-state index >= 15 is 0 Å². The van der Waals surface area contributed by atoms with E-state index in [4.69, 9.17) is 9.47 Å². The number of sulfonamides is 1. The molecule has 12 heteroatoms. The van der Waals surface area contributed by atoms with Gasteiger partial charge in [-0.05, 0) is 6.42 Å². The Labute approximate surface area is 144 Å². The molecule has 2 amide bonds. The lowest BCUT2D eigenvalue weighted by Crippen LogP contribution is -2.35. The number of hydrogen-bond acceptors (Lipinski definition) is 8. The van der Waals surface area contributed by atoms with Crippen LogP contribution in [-0.4, -0.2) is 48.4 Å². The van der Waals surface area contributed by atoms with Crippen LogP contribution in [0.25, 0.3) is 0 Å². The van der Waals surface area contributed by atoms with Gasteiger partial charge < -0.3 is 9.47 Å². The van der Waals surface area contributed by atoms with E-state index in [9.17, 15) is 13.2 Å². The number of amides is 2. The predicted octanol–water partition coefficient (Wildman–Crippen LogP) is 0.300. The highest BCUT2D eigenvalue weighted by Crippen LogP contribution is 2.17. The number of ether oxygens (including phenoxy) is 2. The number of rotatable bonds is 6. The molecule has 0 radical (unpaired) electrons. The van der Waals surface area contributed by atoms with Crippen molar-refractivity contribution >= 4 is 22.0 Å². The summed E-state index contributed by atoms with van der Waals surface area (Å²) in [5, 5.41) is 6.12. The maximum atomic E-state index is 12.3. The second-order valence-corrected chi connectivity index (χ2v) is 6.42. The zero-order valence-corrected chi connectivity index (χ0v) is 14.9. The van der Waals surface area contributed by atoms with Gasteiger partial charge in [0, 0.05) is 13.1 Å². The molecule has 0 saturated heterocycles. The summed E-state index contributed by atoms with van der Waals surface area (Å²) in [6.45, 7) is 1.84. The van der Waals surface area contributed by atoms with Gasteiger partial charge in [0.05, 0.1) is 26.0 Å². The Bertz CT molecular complexity index is 857. The smallest absolute Gasteiger partial charge is 0.335 e. The van der Waals surface area contributed by atoms with Crippen molar-refractivity contribution in [3.63, 3.8) is 0 Å². The van der Waals surface area contributed by atoms with E-state index < -0.39 is 16.1 Å². The van der Waals surface area contributed by atoms with Crippen LogP contribution < -0.4 is 19.5 Å². The van der Waals surface area contributed by atoms with Gasteiger partial charge in [-0.15, -0.1) is 0 Å². The summed E-state index contributed by atoms with van der Waals surface area (Å²) < 4.78 is 37.6. The summed E-state index contributed by atoms with van der Waals surface area (Å²) in [5.74, 6) is 0.108. The molecule has 0 aromatic carbocycles. The van der Waals surface area contributed by atoms with Crippen LogP contribution in [-0.2, 0) is 23.5 Å². The number of nitrogens with zero attached hydrogens (tertiary/aromatic N) is 4. The van der Waals surface area contributed by atoms with Crippen molar-refractivity contribution < 1.29 is 22.7 Å². The number of aromatic nitrogens is 4. The summed E-state index contributed by atoms with van der Waals surface area (Å²) in [6, 6.07) is 1.76. The van der Waals surface area contributed by atoms with Gasteiger partial charge in [-0.1, -0.05) is 6.92 Å². The molecule has 2 N–H and O–H groups in total. The minimum Gasteiger partial charge on any atom is -0.481 e. The minimum absolute atomic E-state index is 0.136. The number of anilines is 1. The molecular formula is C13H18N6O5S. The lowest BCUT2D eigenvalue weighted by molar-refractivity contribution is 0.256. The monoisotopic (exact) mass is 370 g/mol. The molecule has 0 atom stereocenters. The molecule has 0 unspecified atom stereocenters. The van der Waals surface area contributed by atoms with Gasteiger partial charge in [0.15, 0.2) is 5.03 Å². The van der Waals surface area contributed by atoms with E-state index in [0.717, 1.165) is 0 Å². The first-order valence-corrected chi connectivity index (χ1v) is 8.61. The van der Waals surface area contributed by atoms with Gasteiger partial charge in [0.2, 0.25) is 17.7 Å². The van der Waals surface area contributed by atoms with Crippen LogP contribution in [0.4, 0.5) is 10.7 Å². The average molecular weight is 370 g/mol. The van der Waals surface area contributed by atoms with E-state index in [1.165, 1.54) is 38.1 Å². The van der Waals surface area contributed by atoms with Gasteiger partial charge in [-0.25, -0.2) is 9.52 Å². The number of urea groups is 1. The summed E-state index contributed by atoms with van der Waals surface area (Å²) in [5.41, 5.74) is 0.587. The maximum absolute atomic E-state index is 12.3. The van der Waals surface area contributed by atoms with E-state index in [1.54, 1.807) is 0 Å². The Morgan fingerprint density at radius 3 is 2.28 bits per heavy atom. The summed E-state index contributed by atoms with van der Waals surface area (Å²) >= 11 is 0. The first kappa shape index (κ1) is 18.4. The molecule has 25 heavy (non-hydrogen) atoms. The average Bonchev–Trinajstić information content (AvgIpc) is 2.95. The van der Waals surface area contributed by atoms with Crippen molar-refractivity contribution in [2.75, 3.05) is 19.5 Å². The molecule has 2 aromatic rings. The SMILES string of the molecule is CCc1cc(S(=O)(=O)NC(=O)Nc2nc(OC)cc(OC)n2)n(C)n1. The Balaban J connectivity index is 2.17. The molecule has 2 aromatic heterocycles. The molecule has 136 valence electrons. The van der Waals surface area contributed by atoms with Crippen LogP contribution in [0.1, 0.15) is 12.6 Å². The molecule has 0 spiro atoms. The fourth-order valence-corrected chi connectivity index (χ4v) is 2.98. The summed E-state index contributed by atoms with van der Waals surface area (Å²) in [7, 11) is 0.121. The summed E-state index contributed by atoms with van der Waals surface area (Å²) in [6.07, 6.45) is 0.563. The fraction of sp³-hybridized carbons (Fsp3) is 0.385. The highest BCUT2D eigenvalue weighted by atomic mass is 32.2. The summed E-state index contributed by atoms with van der Waals surface area (Å²) in [4.78, 5) is 19.8. The molecule has 0 aliphatic carbocycles. The van der Waals surface area contributed by atoms with Gasteiger partial charge in [-0.2, -0.15) is 23.5 Å². The second-order valence-electron chi connectivity index (χ2n) is 4.79. The number of carbonyl (C=O) groups is 1. The van der Waals surface area contributed by atoms with Crippen molar-refractivity contribution in [1.29, 1.82) is 0 Å². The Hall–Kier alpha value is -2.89. The van der Waals surface area contributed by atoms with Gasteiger partial charge in [0.1, 0.15) is 0 Å². The third kappa shape index (κ3) is 4.35.